The van der Waals surface area contributed by atoms with Gasteiger partial charge in [-0.3, -0.25) is 14.5 Å². The lowest BCUT2D eigenvalue weighted by Gasteiger charge is -2.47. The van der Waals surface area contributed by atoms with Gasteiger partial charge in [0.2, 0.25) is 5.91 Å². The number of aliphatic hydroxyl groups excluding tert-OH is 1. The van der Waals surface area contributed by atoms with Crippen LogP contribution in [0.15, 0.2) is 48.5 Å². The van der Waals surface area contributed by atoms with Gasteiger partial charge in [0.25, 0.3) is 5.91 Å². The standard InChI is InChI=1S/C23H32ClF3N4O2.C7H8.CH4O/c1-3-21(32)30-11-7-18(8-12-30)31-14-17(15-31)28-16-5-6-19(20(24)13-16)22(33)29(2)10-4-9-23(25,26)27;1-7-5-3-2-4-6-7;1-2/h5-6,13,17-18,28H,3-4,7-12,14-15H2,1-2H3;2-6H,1H3;2H,1H3. The van der Waals surface area contributed by atoms with Gasteiger partial charge in [0.05, 0.1) is 16.6 Å². The van der Waals surface area contributed by atoms with Crippen LogP contribution in [-0.2, 0) is 4.79 Å². The first-order valence-corrected chi connectivity index (χ1v) is 14.7. The van der Waals surface area contributed by atoms with Crippen molar-refractivity contribution < 1.29 is 27.9 Å². The van der Waals surface area contributed by atoms with Crippen LogP contribution < -0.4 is 5.32 Å². The summed E-state index contributed by atoms with van der Waals surface area (Å²) < 4.78 is 36.9. The molecule has 2 aliphatic rings. The number of nitrogens with zero attached hydrogens (tertiary/aromatic N) is 3. The summed E-state index contributed by atoms with van der Waals surface area (Å²) in [6.07, 6.45) is -2.74. The second kappa shape index (κ2) is 17.3. The molecule has 42 heavy (non-hydrogen) atoms. The minimum atomic E-state index is -4.22. The zero-order valence-electron chi connectivity index (χ0n) is 25.0. The highest BCUT2D eigenvalue weighted by molar-refractivity contribution is 6.34. The van der Waals surface area contributed by atoms with E-state index in [4.69, 9.17) is 16.7 Å². The Bertz CT molecular complexity index is 1110. The Morgan fingerprint density at radius 2 is 1.69 bits per heavy atom. The van der Waals surface area contributed by atoms with Crippen LogP contribution in [0.4, 0.5) is 18.9 Å². The highest BCUT2D eigenvalue weighted by Gasteiger charge is 2.34. The molecule has 234 valence electrons. The summed E-state index contributed by atoms with van der Waals surface area (Å²) >= 11 is 6.31. The first-order chi connectivity index (χ1) is 20.0. The first-order valence-electron chi connectivity index (χ1n) is 14.3. The van der Waals surface area contributed by atoms with Crippen molar-refractivity contribution in [2.24, 2.45) is 0 Å². The zero-order chi connectivity index (χ0) is 31.3. The van der Waals surface area contributed by atoms with Crippen LogP contribution in [0.5, 0.6) is 0 Å². The summed E-state index contributed by atoms with van der Waals surface area (Å²) in [7, 11) is 2.48. The van der Waals surface area contributed by atoms with E-state index < -0.39 is 18.5 Å². The Balaban J connectivity index is 0.000000590. The van der Waals surface area contributed by atoms with E-state index in [1.165, 1.54) is 17.5 Å². The molecule has 0 aromatic heterocycles. The van der Waals surface area contributed by atoms with Gasteiger partial charge in [-0.25, -0.2) is 0 Å². The molecule has 11 heteroatoms. The van der Waals surface area contributed by atoms with Crippen LogP contribution in [-0.4, -0.2) is 96.8 Å². The number of nitrogens with one attached hydrogen (secondary N) is 1. The maximum absolute atomic E-state index is 12.5. The van der Waals surface area contributed by atoms with E-state index in [0.29, 0.717) is 12.5 Å². The van der Waals surface area contributed by atoms with Crippen LogP contribution in [0.3, 0.4) is 0 Å². The number of aryl methyl sites for hydroxylation is 1. The molecule has 0 bridgehead atoms. The molecule has 0 saturated carbocycles. The molecule has 2 N–H and O–H groups in total. The van der Waals surface area contributed by atoms with Crippen LogP contribution in [0.1, 0.15) is 54.9 Å². The Labute approximate surface area is 252 Å². The Kier molecular flexibility index (Phi) is 14.6. The predicted octanol–water partition coefficient (Wildman–Crippen LogP) is 5.86. The molecular formula is C31H44ClF3N4O3. The average molecular weight is 613 g/mol. The molecule has 0 unspecified atom stereocenters. The fraction of sp³-hybridized carbons (Fsp3) is 0.548. The molecule has 2 saturated heterocycles. The Morgan fingerprint density at radius 3 is 2.19 bits per heavy atom. The number of hydrogen-bond donors (Lipinski definition) is 2. The van der Waals surface area contributed by atoms with Gasteiger partial charge < -0.3 is 20.2 Å². The van der Waals surface area contributed by atoms with Crippen molar-refractivity contribution in [1.29, 1.82) is 0 Å². The summed E-state index contributed by atoms with van der Waals surface area (Å²) in [5.41, 5.74) is 2.41. The van der Waals surface area contributed by atoms with Crippen molar-refractivity contribution in [3.63, 3.8) is 0 Å². The van der Waals surface area contributed by atoms with E-state index in [2.05, 4.69) is 29.3 Å². The third-order valence-electron chi connectivity index (χ3n) is 7.36. The number of piperidine rings is 1. The van der Waals surface area contributed by atoms with Gasteiger partial charge >= 0.3 is 6.18 Å². The highest BCUT2D eigenvalue weighted by Crippen LogP contribution is 2.27. The van der Waals surface area contributed by atoms with Crippen LogP contribution in [0, 0.1) is 6.92 Å². The molecular weight excluding hydrogens is 569 g/mol. The number of alkyl halides is 3. The van der Waals surface area contributed by atoms with Crippen LogP contribution in [0.25, 0.3) is 0 Å². The SMILES string of the molecule is CCC(=O)N1CCC(N2CC(Nc3ccc(C(=O)N(C)CCCC(F)(F)F)c(Cl)c3)C2)CC1.CO.Cc1ccccc1. The number of carbonyl (C=O) groups excluding carboxylic acids is 2. The van der Waals surface area contributed by atoms with Gasteiger partial charge in [-0.2, -0.15) is 13.2 Å². The number of halogens is 4. The third-order valence-corrected chi connectivity index (χ3v) is 7.67. The van der Waals surface area contributed by atoms with E-state index >= 15 is 0 Å². The maximum Gasteiger partial charge on any atom is 0.389 e. The van der Waals surface area contributed by atoms with Gasteiger partial charge in [0.15, 0.2) is 0 Å². The number of aliphatic hydroxyl groups is 1. The average Bonchev–Trinajstić information content (AvgIpc) is 2.95. The molecule has 0 radical (unpaired) electrons. The van der Waals surface area contributed by atoms with Gasteiger partial charge in [-0.15, -0.1) is 0 Å². The van der Waals surface area contributed by atoms with Crippen molar-refractivity contribution in [3.8, 4) is 0 Å². The first kappa shape index (κ1) is 35.4. The van der Waals surface area contributed by atoms with Gasteiger partial charge in [0.1, 0.15) is 0 Å². The molecule has 0 spiro atoms. The quantitative estimate of drug-likeness (QED) is 0.391. The largest absolute Gasteiger partial charge is 0.400 e. The van der Waals surface area contributed by atoms with Crippen molar-refractivity contribution in [2.75, 3.05) is 52.2 Å². The summed E-state index contributed by atoms with van der Waals surface area (Å²) in [5.74, 6) is -0.167. The maximum atomic E-state index is 12.5. The van der Waals surface area contributed by atoms with Crippen LogP contribution in [0.2, 0.25) is 5.02 Å². The topological polar surface area (TPSA) is 76.1 Å². The van der Waals surface area contributed by atoms with Crippen molar-refractivity contribution >= 4 is 29.1 Å². The van der Waals surface area contributed by atoms with E-state index in [9.17, 15) is 22.8 Å². The van der Waals surface area contributed by atoms with E-state index in [1.807, 2.05) is 30.0 Å². The molecule has 2 heterocycles. The van der Waals surface area contributed by atoms with Crippen molar-refractivity contribution in [2.45, 2.75) is 64.2 Å². The number of hydrogen-bond acceptors (Lipinski definition) is 5. The monoisotopic (exact) mass is 612 g/mol. The van der Waals surface area contributed by atoms with Crippen LogP contribution >= 0.6 is 11.6 Å². The smallest absolute Gasteiger partial charge is 0.389 e. The minimum absolute atomic E-state index is 0.0120. The van der Waals surface area contributed by atoms with E-state index in [-0.39, 0.29) is 35.5 Å². The number of anilines is 1. The molecule has 2 amide bonds. The summed E-state index contributed by atoms with van der Waals surface area (Å²) in [6.45, 7) is 7.45. The van der Waals surface area contributed by atoms with Crippen molar-refractivity contribution in [3.05, 3.63) is 64.7 Å². The summed E-state index contributed by atoms with van der Waals surface area (Å²) in [4.78, 5) is 30.0. The number of benzene rings is 2. The Morgan fingerprint density at radius 1 is 1.07 bits per heavy atom. The summed E-state index contributed by atoms with van der Waals surface area (Å²) in [5, 5.41) is 10.7. The van der Waals surface area contributed by atoms with Gasteiger partial charge in [-0.1, -0.05) is 54.4 Å². The molecule has 2 aromatic carbocycles. The normalized spacial score (nSPS) is 15.9. The highest BCUT2D eigenvalue weighted by atomic mass is 35.5. The summed E-state index contributed by atoms with van der Waals surface area (Å²) in [6, 6.07) is 16.1. The molecule has 7 nitrogen and oxygen atoms in total. The van der Waals surface area contributed by atoms with E-state index in [1.54, 1.807) is 18.2 Å². The van der Waals surface area contributed by atoms with Crippen molar-refractivity contribution in [1.82, 2.24) is 14.7 Å². The number of rotatable bonds is 8. The molecule has 2 fully saturated rings. The second-order valence-electron chi connectivity index (χ2n) is 10.6. The molecule has 0 aliphatic carbocycles. The minimum Gasteiger partial charge on any atom is -0.400 e. The lowest BCUT2D eigenvalue weighted by Crippen LogP contribution is -2.60. The Hall–Kier alpha value is -2.82. The second-order valence-corrected chi connectivity index (χ2v) is 11.0. The van der Waals surface area contributed by atoms with E-state index in [0.717, 1.165) is 51.8 Å². The van der Waals surface area contributed by atoms with Gasteiger partial charge in [-0.05, 0) is 44.4 Å². The molecule has 2 aliphatic heterocycles. The number of amides is 2. The fourth-order valence-corrected chi connectivity index (χ4v) is 5.24. The number of likely N-dealkylation sites (tertiary alicyclic amines) is 2. The zero-order valence-corrected chi connectivity index (χ0v) is 25.7. The number of carbonyl (C=O) groups is 2. The third kappa shape index (κ3) is 11.5. The fourth-order valence-electron chi connectivity index (χ4n) is 4.98. The molecule has 4 rings (SSSR count). The molecule has 2 aromatic rings. The van der Waals surface area contributed by atoms with Gasteiger partial charge in [0, 0.05) is 71.5 Å². The lowest BCUT2D eigenvalue weighted by atomic mass is 9.97. The molecule has 0 atom stereocenters. The lowest BCUT2D eigenvalue weighted by molar-refractivity contribution is -0.136. The predicted molar refractivity (Wildman–Crippen MR) is 162 cm³/mol.